The van der Waals surface area contributed by atoms with Crippen LogP contribution < -0.4 is 10.6 Å². The number of aliphatic hydroxyl groups is 1. The fourth-order valence-corrected chi connectivity index (χ4v) is 5.45. The Hall–Kier alpha value is -3.82. The van der Waals surface area contributed by atoms with Crippen LogP contribution >= 0.6 is 11.3 Å². The summed E-state index contributed by atoms with van der Waals surface area (Å²) in [6.07, 6.45) is 7.26. The van der Waals surface area contributed by atoms with Gasteiger partial charge in [0.15, 0.2) is 5.13 Å². The summed E-state index contributed by atoms with van der Waals surface area (Å²) < 4.78 is 6.05. The molecular weight excluding hydrogens is 472 g/mol. The summed E-state index contributed by atoms with van der Waals surface area (Å²) in [6.45, 7) is 0. The molecular formula is C27H26N6O2S. The maximum Gasteiger partial charge on any atom is 0.225 e. The van der Waals surface area contributed by atoms with E-state index in [2.05, 4.69) is 34.0 Å². The summed E-state index contributed by atoms with van der Waals surface area (Å²) in [4.78, 5) is 14.3. The van der Waals surface area contributed by atoms with Crippen molar-refractivity contribution in [3.63, 3.8) is 0 Å². The van der Waals surface area contributed by atoms with Gasteiger partial charge in [0.25, 0.3) is 0 Å². The molecule has 6 rings (SSSR count). The molecule has 0 bridgehead atoms. The second kappa shape index (κ2) is 10.0. The standard InChI is InChI=1S/C27H26N6O2S/c34-22-9-7-20(8-10-22)29-26-30-21(12-17-4-2-1-3-5-17)14-25(32-26)33-27-31-23-11-6-18(13-24(23)36-27)19-15-28-35-16-19/h1-6,11,13-16,20,22,34H,7-10,12H2,(H2,29,30,31,32,33). The first-order valence-electron chi connectivity index (χ1n) is 12.1. The van der Waals surface area contributed by atoms with Crippen LogP contribution in [0.3, 0.4) is 0 Å². The average Bonchev–Trinajstić information content (AvgIpc) is 3.55. The van der Waals surface area contributed by atoms with Gasteiger partial charge in [0.1, 0.15) is 12.1 Å². The lowest BCUT2D eigenvalue weighted by Crippen LogP contribution is -2.29. The number of benzene rings is 2. The minimum Gasteiger partial charge on any atom is -0.393 e. The summed E-state index contributed by atoms with van der Waals surface area (Å²) in [7, 11) is 0. The third kappa shape index (κ3) is 5.22. The predicted molar refractivity (Wildman–Crippen MR) is 142 cm³/mol. The molecule has 3 N–H and O–H groups in total. The first-order chi connectivity index (χ1) is 17.7. The van der Waals surface area contributed by atoms with Gasteiger partial charge in [0.05, 0.1) is 28.2 Å². The number of rotatable bonds is 7. The maximum absolute atomic E-state index is 9.86. The molecule has 1 fully saturated rings. The highest BCUT2D eigenvalue weighted by atomic mass is 32.1. The second-order valence-corrected chi connectivity index (χ2v) is 10.2. The van der Waals surface area contributed by atoms with Crippen LogP contribution in [0.5, 0.6) is 0 Å². The molecule has 0 spiro atoms. The Morgan fingerprint density at radius 1 is 0.944 bits per heavy atom. The molecule has 5 aromatic rings. The Labute approximate surface area is 212 Å². The number of hydrogen-bond donors (Lipinski definition) is 3. The van der Waals surface area contributed by atoms with Crippen LogP contribution in [-0.2, 0) is 6.42 Å². The van der Waals surface area contributed by atoms with Gasteiger partial charge < -0.3 is 20.3 Å². The molecule has 0 unspecified atom stereocenters. The Morgan fingerprint density at radius 3 is 2.61 bits per heavy atom. The summed E-state index contributed by atoms with van der Waals surface area (Å²) in [5.74, 6) is 1.30. The van der Waals surface area contributed by atoms with Gasteiger partial charge >= 0.3 is 0 Å². The molecule has 3 heterocycles. The summed E-state index contributed by atoms with van der Waals surface area (Å²) in [6, 6.07) is 18.7. The van der Waals surface area contributed by atoms with E-state index in [4.69, 9.17) is 19.5 Å². The van der Waals surface area contributed by atoms with Crippen molar-refractivity contribution in [2.45, 2.75) is 44.2 Å². The maximum atomic E-state index is 9.86. The number of nitrogens with one attached hydrogen (secondary N) is 2. The highest BCUT2D eigenvalue weighted by Crippen LogP contribution is 2.32. The van der Waals surface area contributed by atoms with E-state index in [0.717, 1.165) is 57.9 Å². The lowest BCUT2D eigenvalue weighted by atomic mass is 9.93. The zero-order valence-corrected chi connectivity index (χ0v) is 20.4. The smallest absolute Gasteiger partial charge is 0.225 e. The Morgan fingerprint density at radius 2 is 1.81 bits per heavy atom. The minimum absolute atomic E-state index is 0.199. The molecule has 0 aliphatic heterocycles. The minimum atomic E-state index is -0.199. The molecule has 36 heavy (non-hydrogen) atoms. The SMILES string of the molecule is OC1CCC(Nc2nc(Cc3ccccc3)cc(Nc3nc4ccc(-c5cnoc5)cc4s3)n2)CC1. The Bertz CT molecular complexity index is 1450. The fraction of sp³-hybridized carbons (Fsp3) is 0.259. The number of aromatic nitrogens is 4. The number of nitrogens with zero attached hydrogens (tertiary/aromatic N) is 4. The Kier molecular flexibility index (Phi) is 6.31. The van der Waals surface area contributed by atoms with Gasteiger partial charge in [-0.1, -0.05) is 52.9 Å². The third-order valence-electron chi connectivity index (χ3n) is 6.43. The molecule has 0 saturated heterocycles. The van der Waals surface area contributed by atoms with Gasteiger partial charge in [-0.25, -0.2) is 9.97 Å². The highest BCUT2D eigenvalue weighted by molar-refractivity contribution is 7.22. The number of aliphatic hydroxyl groups excluding tert-OH is 1. The van der Waals surface area contributed by atoms with Crippen molar-refractivity contribution in [3.05, 3.63) is 78.3 Å². The normalized spacial score (nSPS) is 17.8. The number of fused-ring (bicyclic) bond motifs is 1. The van der Waals surface area contributed by atoms with Crippen LogP contribution in [-0.4, -0.2) is 37.4 Å². The topological polar surface area (TPSA) is 109 Å². The lowest BCUT2D eigenvalue weighted by Gasteiger charge is -2.26. The van der Waals surface area contributed by atoms with E-state index >= 15 is 0 Å². The van der Waals surface area contributed by atoms with Gasteiger partial charge in [-0.2, -0.15) is 4.98 Å². The molecule has 0 atom stereocenters. The van der Waals surface area contributed by atoms with Crippen LogP contribution in [0, 0.1) is 0 Å². The van der Waals surface area contributed by atoms with Crippen LogP contribution in [0.15, 0.2) is 71.6 Å². The van der Waals surface area contributed by atoms with Crippen LogP contribution in [0.2, 0.25) is 0 Å². The number of thiazole rings is 1. The second-order valence-electron chi connectivity index (χ2n) is 9.12. The molecule has 1 aliphatic rings. The van der Waals surface area contributed by atoms with Crippen molar-refractivity contribution < 1.29 is 9.63 Å². The quantitative estimate of drug-likeness (QED) is 0.259. The van der Waals surface area contributed by atoms with Crippen molar-refractivity contribution in [1.29, 1.82) is 0 Å². The van der Waals surface area contributed by atoms with E-state index in [0.29, 0.717) is 18.2 Å². The van der Waals surface area contributed by atoms with Gasteiger partial charge in [0.2, 0.25) is 5.95 Å². The molecule has 8 nitrogen and oxygen atoms in total. The molecule has 9 heteroatoms. The van der Waals surface area contributed by atoms with Crippen molar-refractivity contribution in [2.75, 3.05) is 10.6 Å². The van der Waals surface area contributed by atoms with Gasteiger partial charge in [0, 0.05) is 24.1 Å². The molecule has 182 valence electrons. The van der Waals surface area contributed by atoms with Crippen LogP contribution in [0.4, 0.5) is 16.9 Å². The van der Waals surface area contributed by atoms with Crippen LogP contribution in [0.1, 0.15) is 36.9 Å². The summed E-state index contributed by atoms with van der Waals surface area (Å²) >= 11 is 1.57. The van der Waals surface area contributed by atoms with E-state index in [1.807, 2.05) is 36.4 Å². The molecule has 0 amide bonds. The first kappa shape index (κ1) is 22.6. The highest BCUT2D eigenvalue weighted by Gasteiger charge is 2.20. The molecule has 1 aliphatic carbocycles. The van der Waals surface area contributed by atoms with Gasteiger partial charge in [-0.3, -0.25) is 0 Å². The fourth-order valence-electron chi connectivity index (χ4n) is 4.54. The van der Waals surface area contributed by atoms with E-state index in [-0.39, 0.29) is 12.1 Å². The van der Waals surface area contributed by atoms with Crippen molar-refractivity contribution in [1.82, 2.24) is 20.1 Å². The number of anilines is 3. The van der Waals surface area contributed by atoms with Crippen molar-refractivity contribution >= 4 is 38.5 Å². The monoisotopic (exact) mass is 498 g/mol. The molecule has 2 aromatic carbocycles. The average molecular weight is 499 g/mol. The van der Waals surface area contributed by atoms with E-state index in [9.17, 15) is 5.11 Å². The van der Waals surface area contributed by atoms with Gasteiger partial charge in [-0.15, -0.1) is 0 Å². The molecule has 1 saturated carbocycles. The molecule has 3 aromatic heterocycles. The first-order valence-corrected chi connectivity index (χ1v) is 12.9. The number of hydrogen-bond acceptors (Lipinski definition) is 9. The van der Waals surface area contributed by atoms with Crippen molar-refractivity contribution in [3.8, 4) is 11.1 Å². The van der Waals surface area contributed by atoms with Crippen molar-refractivity contribution in [2.24, 2.45) is 0 Å². The third-order valence-corrected chi connectivity index (χ3v) is 7.36. The van der Waals surface area contributed by atoms with E-state index < -0.39 is 0 Å². The van der Waals surface area contributed by atoms with Gasteiger partial charge in [-0.05, 0) is 48.9 Å². The van der Waals surface area contributed by atoms with E-state index in [1.165, 1.54) is 5.56 Å². The largest absolute Gasteiger partial charge is 0.393 e. The lowest BCUT2D eigenvalue weighted by molar-refractivity contribution is 0.126. The van der Waals surface area contributed by atoms with E-state index in [1.54, 1.807) is 23.8 Å². The zero-order chi connectivity index (χ0) is 24.3. The zero-order valence-electron chi connectivity index (χ0n) is 19.6. The summed E-state index contributed by atoms with van der Waals surface area (Å²) in [5, 5.41) is 21.3. The predicted octanol–water partition coefficient (Wildman–Crippen LogP) is 5.79. The Balaban J connectivity index is 1.27. The van der Waals surface area contributed by atoms with Crippen LogP contribution in [0.25, 0.3) is 21.3 Å². The molecule has 0 radical (unpaired) electrons. The summed E-state index contributed by atoms with van der Waals surface area (Å²) in [5.41, 5.74) is 5.01.